The monoisotopic (exact) mass is 357 g/mol. The zero-order valence-corrected chi connectivity index (χ0v) is 13.7. The molecule has 0 saturated carbocycles. The van der Waals surface area contributed by atoms with Gasteiger partial charge in [-0.15, -0.1) is 5.10 Å². The van der Waals surface area contributed by atoms with Crippen molar-refractivity contribution in [3.8, 4) is 0 Å². The summed E-state index contributed by atoms with van der Waals surface area (Å²) < 4.78 is 18.2. The first-order valence-electron chi connectivity index (χ1n) is 7.40. The molecule has 0 fully saturated rings. The van der Waals surface area contributed by atoms with Crippen molar-refractivity contribution in [2.24, 2.45) is 0 Å². The van der Waals surface area contributed by atoms with Crippen molar-refractivity contribution in [1.29, 1.82) is 0 Å². The van der Waals surface area contributed by atoms with E-state index >= 15 is 0 Å². The third-order valence-corrected chi connectivity index (χ3v) is 3.63. The highest BCUT2D eigenvalue weighted by atomic mass is 35.5. The lowest BCUT2D eigenvalue weighted by atomic mass is 10.1. The van der Waals surface area contributed by atoms with Crippen molar-refractivity contribution >= 4 is 29.6 Å². The van der Waals surface area contributed by atoms with Crippen LogP contribution in [-0.2, 0) is 11.2 Å². The summed E-state index contributed by atoms with van der Waals surface area (Å²) in [7, 11) is 0. The van der Waals surface area contributed by atoms with E-state index < -0.39 is 5.91 Å². The summed E-state index contributed by atoms with van der Waals surface area (Å²) in [5, 5.41) is 10.6. The number of halogens is 2. The maximum atomic E-state index is 12.9. The number of carbonyl (C=O) groups excluding carboxylic acids is 1. The number of carbonyl (C=O) groups is 1. The van der Waals surface area contributed by atoms with E-state index in [9.17, 15) is 9.18 Å². The molecule has 2 aromatic carbocycles. The summed E-state index contributed by atoms with van der Waals surface area (Å²) in [5.74, 6) is -0.415. The molecular formula is C18H13ClFN3O2. The van der Waals surface area contributed by atoms with E-state index in [1.54, 1.807) is 36.4 Å². The van der Waals surface area contributed by atoms with Gasteiger partial charge in [-0.3, -0.25) is 10.1 Å². The number of hydrogen-bond donors (Lipinski definition) is 1. The summed E-state index contributed by atoms with van der Waals surface area (Å²) >= 11 is 6.01. The Labute approximate surface area is 148 Å². The Balaban J connectivity index is 1.60. The Hall–Kier alpha value is -2.99. The molecule has 7 heteroatoms. The van der Waals surface area contributed by atoms with Gasteiger partial charge < -0.3 is 4.42 Å². The topological polar surface area (TPSA) is 68.0 Å². The van der Waals surface area contributed by atoms with Crippen molar-refractivity contribution in [1.82, 2.24) is 10.2 Å². The molecule has 0 aliphatic heterocycles. The zero-order chi connectivity index (χ0) is 17.6. The molecule has 0 aliphatic rings. The molecule has 1 heterocycles. The number of amides is 1. The molecule has 0 aliphatic carbocycles. The van der Waals surface area contributed by atoms with Gasteiger partial charge in [-0.05, 0) is 35.4 Å². The fraction of sp³-hybridized carbons (Fsp3) is 0.0556. The quantitative estimate of drug-likeness (QED) is 0.698. The van der Waals surface area contributed by atoms with Crippen LogP contribution in [0.2, 0.25) is 5.02 Å². The highest BCUT2D eigenvalue weighted by molar-refractivity contribution is 6.32. The van der Waals surface area contributed by atoms with Gasteiger partial charge in [-0.1, -0.05) is 47.0 Å². The Morgan fingerprint density at radius 2 is 1.92 bits per heavy atom. The lowest BCUT2D eigenvalue weighted by Crippen LogP contribution is -2.07. The molecular weight excluding hydrogens is 345 g/mol. The summed E-state index contributed by atoms with van der Waals surface area (Å²) in [6, 6.07) is 13.1. The summed E-state index contributed by atoms with van der Waals surface area (Å²) in [5.41, 5.74) is 1.54. The third kappa shape index (κ3) is 4.74. The first-order chi connectivity index (χ1) is 12.1. The van der Waals surface area contributed by atoms with Crippen LogP contribution in [0.1, 0.15) is 17.0 Å². The number of rotatable bonds is 5. The first-order valence-corrected chi connectivity index (χ1v) is 7.78. The van der Waals surface area contributed by atoms with Gasteiger partial charge in [0.2, 0.25) is 5.89 Å². The zero-order valence-electron chi connectivity index (χ0n) is 12.9. The number of nitrogens with zero attached hydrogens (tertiary/aromatic N) is 2. The van der Waals surface area contributed by atoms with Crippen LogP contribution >= 0.6 is 11.6 Å². The van der Waals surface area contributed by atoms with Gasteiger partial charge in [0.25, 0.3) is 5.91 Å². The number of anilines is 1. The van der Waals surface area contributed by atoms with Gasteiger partial charge in [-0.2, -0.15) is 0 Å². The molecule has 126 valence electrons. The molecule has 0 bridgehead atoms. The van der Waals surface area contributed by atoms with Crippen LogP contribution in [0, 0.1) is 5.82 Å². The fourth-order valence-corrected chi connectivity index (χ4v) is 2.27. The second-order valence-electron chi connectivity index (χ2n) is 5.15. The van der Waals surface area contributed by atoms with E-state index in [1.165, 1.54) is 18.2 Å². The molecule has 3 aromatic rings. The van der Waals surface area contributed by atoms with E-state index in [2.05, 4.69) is 15.5 Å². The van der Waals surface area contributed by atoms with Crippen LogP contribution in [0.4, 0.5) is 10.4 Å². The first kappa shape index (κ1) is 16.9. The largest absolute Gasteiger partial charge is 0.407 e. The lowest BCUT2D eigenvalue weighted by Gasteiger charge is -1.98. The summed E-state index contributed by atoms with van der Waals surface area (Å²) in [4.78, 5) is 11.9. The van der Waals surface area contributed by atoms with Crippen molar-refractivity contribution in [3.05, 3.63) is 82.5 Å². The van der Waals surface area contributed by atoms with Crippen molar-refractivity contribution < 1.29 is 13.6 Å². The Morgan fingerprint density at radius 3 is 2.68 bits per heavy atom. The van der Waals surface area contributed by atoms with Gasteiger partial charge in [-0.25, -0.2) is 4.39 Å². The van der Waals surface area contributed by atoms with Crippen LogP contribution in [0.25, 0.3) is 6.08 Å². The predicted molar refractivity (Wildman–Crippen MR) is 92.6 cm³/mol. The van der Waals surface area contributed by atoms with Gasteiger partial charge in [0.1, 0.15) is 5.82 Å². The average Bonchev–Trinajstić information content (AvgIpc) is 3.03. The standard InChI is InChI=1S/C18H13ClFN3O2/c19-15-4-2-1-3-13(15)7-10-16(24)21-18-23-22-17(25-18)11-12-5-8-14(20)9-6-12/h1-10H,11H2,(H,21,23,24)/b10-7+. The molecule has 5 nitrogen and oxygen atoms in total. The number of benzene rings is 2. The molecule has 0 radical (unpaired) electrons. The van der Waals surface area contributed by atoms with E-state index in [1.807, 2.05) is 6.07 Å². The minimum absolute atomic E-state index is 0.00841. The van der Waals surface area contributed by atoms with Crippen LogP contribution in [-0.4, -0.2) is 16.1 Å². The van der Waals surface area contributed by atoms with Crippen LogP contribution in [0.15, 0.2) is 59.0 Å². The van der Waals surface area contributed by atoms with Gasteiger partial charge in [0.15, 0.2) is 0 Å². The molecule has 25 heavy (non-hydrogen) atoms. The van der Waals surface area contributed by atoms with E-state index in [-0.39, 0.29) is 11.8 Å². The maximum Gasteiger partial charge on any atom is 0.322 e. The highest BCUT2D eigenvalue weighted by Gasteiger charge is 2.09. The SMILES string of the molecule is O=C(/C=C/c1ccccc1Cl)Nc1nnc(Cc2ccc(F)cc2)o1. The minimum Gasteiger partial charge on any atom is -0.407 e. The molecule has 0 saturated heterocycles. The molecule has 0 spiro atoms. The van der Waals surface area contributed by atoms with Crippen molar-refractivity contribution in [2.75, 3.05) is 5.32 Å². The Bertz CT molecular complexity index is 907. The second-order valence-corrected chi connectivity index (χ2v) is 5.56. The molecule has 1 N–H and O–H groups in total. The maximum absolute atomic E-state index is 12.9. The van der Waals surface area contributed by atoms with E-state index in [0.717, 1.165) is 11.1 Å². The summed E-state index contributed by atoms with van der Waals surface area (Å²) in [6.45, 7) is 0. The Kier molecular flexibility index (Phi) is 5.20. The second kappa shape index (κ2) is 7.72. The van der Waals surface area contributed by atoms with Crippen molar-refractivity contribution in [2.45, 2.75) is 6.42 Å². The highest BCUT2D eigenvalue weighted by Crippen LogP contribution is 2.16. The molecule has 1 amide bonds. The van der Waals surface area contributed by atoms with Gasteiger partial charge in [0.05, 0.1) is 6.42 Å². The van der Waals surface area contributed by atoms with Gasteiger partial charge in [0, 0.05) is 11.1 Å². The molecule has 0 atom stereocenters. The van der Waals surface area contributed by atoms with Crippen LogP contribution < -0.4 is 5.32 Å². The molecule has 1 aromatic heterocycles. The Morgan fingerprint density at radius 1 is 1.16 bits per heavy atom. The average molecular weight is 358 g/mol. The lowest BCUT2D eigenvalue weighted by molar-refractivity contribution is -0.112. The number of aromatic nitrogens is 2. The predicted octanol–water partition coefficient (Wildman–Crippen LogP) is 4.10. The normalized spacial score (nSPS) is 11.0. The van der Waals surface area contributed by atoms with Crippen LogP contribution in [0.5, 0.6) is 0 Å². The molecule has 0 unspecified atom stereocenters. The van der Waals surface area contributed by atoms with Gasteiger partial charge >= 0.3 is 6.01 Å². The van der Waals surface area contributed by atoms with E-state index in [4.69, 9.17) is 16.0 Å². The third-order valence-electron chi connectivity index (χ3n) is 3.29. The number of hydrogen-bond acceptors (Lipinski definition) is 4. The summed E-state index contributed by atoms with van der Waals surface area (Å²) in [6.07, 6.45) is 3.26. The number of nitrogens with one attached hydrogen (secondary N) is 1. The van der Waals surface area contributed by atoms with E-state index in [0.29, 0.717) is 17.3 Å². The van der Waals surface area contributed by atoms with Crippen LogP contribution in [0.3, 0.4) is 0 Å². The minimum atomic E-state index is -0.420. The molecule has 3 rings (SSSR count). The van der Waals surface area contributed by atoms with Crippen molar-refractivity contribution in [3.63, 3.8) is 0 Å². The smallest absolute Gasteiger partial charge is 0.322 e. The fourth-order valence-electron chi connectivity index (χ4n) is 2.08.